The predicted molar refractivity (Wildman–Crippen MR) is 84.4 cm³/mol. The molecule has 1 aromatic heterocycles. The van der Waals surface area contributed by atoms with Crippen LogP contribution in [-0.4, -0.2) is 21.4 Å². The van der Waals surface area contributed by atoms with Gasteiger partial charge >= 0.3 is 5.97 Å². The molecule has 3 rings (SSSR count). The van der Waals surface area contributed by atoms with Crippen LogP contribution in [0.25, 0.3) is 10.9 Å². The molecule has 0 aliphatic heterocycles. The number of para-hydroxylation sites is 1. The number of carboxylic acids is 1. The van der Waals surface area contributed by atoms with Gasteiger partial charge in [-0.3, -0.25) is 4.79 Å². The molecule has 0 amide bonds. The number of aromatic carboxylic acids is 1. The smallest absolute Gasteiger partial charge is 0.335 e. The Kier molecular flexibility index (Phi) is 3.51. The maximum atomic E-state index is 11.8. The topological polar surface area (TPSA) is 59.3 Å². The highest BCUT2D eigenvalue weighted by Crippen LogP contribution is 2.23. The molecule has 22 heavy (non-hydrogen) atoms. The first-order valence-electron chi connectivity index (χ1n) is 6.97. The van der Waals surface area contributed by atoms with Crippen LogP contribution in [0.5, 0.6) is 0 Å². The van der Waals surface area contributed by atoms with Gasteiger partial charge in [-0.05, 0) is 30.7 Å². The highest BCUT2D eigenvalue weighted by Gasteiger charge is 2.12. The molecule has 0 radical (unpaired) electrons. The number of rotatable bonds is 4. The second kappa shape index (κ2) is 5.48. The summed E-state index contributed by atoms with van der Waals surface area (Å²) in [6, 6.07) is 14.6. The molecule has 0 unspecified atom stereocenters. The first-order chi connectivity index (χ1) is 10.6. The molecule has 0 aliphatic rings. The molecule has 0 atom stereocenters. The molecular formula is C18H15NO3. The van der Waals surface area contributed by atoms with E-state index in [2.05, 4.69) is 0 Å². The third-order valence-electron chi connectivity index (χ3n) is 3.69. The second-order valence-corrected chi connectivity index (χ2v) is 5.25. The quantitative estimate of drug-likeness (QED) is 0.748. The van der Waals surface area contributed by atoms with E-state index < -0.39 is 5.97 Å². The van der Waals surface area contributed by atoms with Crippen LogP contribution in [0.15, 0.2) is 54.7 Å². The average molecular weight is 293 g/mol. The number of carboxylic acid groups (broad SMARTS) is 1. The third-order valence-corrected chi connectivity index (χ3v) is 3.69. The Labute approximate surface area is 127 Å². The highest BCUT2D eigenvalue weighted by atomic mass is 16.4. The molecule has 110 valence electrons. The Morgan fingerprint density at radius 2 is 1.86 bits per heavy atom. The summed E-state index contributed by atoms with van der Waals surface area (Å²) < 4.78 is 1.98. The number of carbonyl (C=O) groups excluding carboxylic acids is 1. The summed E-state index contributed by atoms with van der Waals surface area (Å²) in [5.41, 5.74) is 2.80. The minimum atomic E-state index is -0.941. The summed E-state index contributed by atoms with van der Waals surface area (Å²) in [5, 5.41) is 9.99. The van der Waals surface area contributed by atoms with E-state index in [0.717, 1.165) is 16.5 Å². The largest absolute Gasteiger partial charge is 0.478 e. The maximum absolute atomic E-state index is 11.8. The molecule has 0 aliphatic carbocycles. The zero-order valence-corrected chi connectivity index (χ0v) is 12.1. The van der Waals surface area contributed by atoms with Gasteiger partial charge in [0.2, 0.25) is 0 Å². The van der Waals surface area contributed by atoms with E-state index in [-0.39, 0.29) is 11.3 Å². The summed E-state index contributed by atoms with van der Waals surface area (Å²) in [7, 11) is 0. The molecule has 4 heteroatoms. The van der Waals surface area contributed by atoms with Gasteiger partial charge in [-0.2, -0.15) is 0 Å². The number of hydrogen-bond acceptors (Lipinski definition) is 2. The van der Waals surface area contributed by atoms with Gasteiger partial charge in [-0.1, -0.05) is 30.3 Å². The lowest BCUT2D eigenvalue weighted by Gasteiger charge is -2.06. The number of carbonyl (C=O) groups is 2. The van der Waals surface area contributed by atoms with Crippen LogP contribution in [0.3, 0.4) is 0 Å². The minimum absolute atomic E-state index is 0.0224. The Hall–Kier alpha value is -2.88. The Bertz CT molecular complexity index is 877. The molecule has 0 fully saturated rings. The van der Waals surface area contributed by atoms with Gasteiger partial charge in [0.15, 0.2) is 5.78 Å². The summed E-state index contributed by atoms with van der Waals surface area (Å²) in [6.07, 6.45) is 1.83. The lowest BCUT2D eigenvalue weighted by atomic mass is 10.1. The van der Waals surface area contributed by atoms with Gasteiger partial charge in [-0.25, -0.2) is 4.79 Å². The summed E-state index contributed by atoms with van der Waals surface area (Å²) in [5.74, 6) is -0.919. The zero-order valence-electron chi connectivity index (χ0n) is 12.1. The Morgan fingerprint density at radius 1 is 1.09 bits per heavy atom. The predicted octanol–water partition coefficient (Wildman–Crippen LogP) is 3.59. The van der Waals surface area contributed by atoms with Gasteiger partial charge in [0.1, 0.15) is 0 Å². The number of hydrogen-bond donors (Lipinski definition) is 1. The molecule has 1 heterocycles. The molecule has 1 N–H and O–H groups in total. The maximum Gasteiger partial charge on any atom is 0.335 e. The third kappa shape index (κ3) is 2.51. The van der Waals surface area contributed by atoms with E-state index in [1.54, 1.807) is 25.1 Å². The summed E-state index contributed by atoms with van der Waals surface area (Å²) in [6.45, 7) is 2.08. The van der Waals surface area contributed by atoms with Crippen LogP contribution in [0.2, 0.25) is 0 Å². The normalized spacial score (nSPS) is 10.8. The van der Waals surface area contributed by atoms with E-state index in [1.165, 1.54) is 0 Å². The summed E-state index contributed by atoms with van der Waals surface area (Å²) in [4.78, 5) is 22.8. The molecule has 3 aromatic rings. The molecule has 0 saturated carbocycles. The van der Waals surface area contributed by atoms with Gasteiger partial charge in [-0.15, -0.1) is 0 Å². The van der Waals surface area contributed by atoms with Crippen molar-refractivity contribution in [2.75, 3.05) is 0 Å². The van der Waals surface area contributed by atoms with Crippen molar-refractivity contribution in [1.29, 1.82) is 0 Å². The van der Waals surface area contributed by atoms with Crippen LogP contribution >= 0.6 is 0 Å². The lowest BCUT2D eigenvalue weighted by Crippen LogP contribution is -2.01. The number of ketones is 1. The molecule has 0 spiro atoms. The van der Waals surface area contributed by atoms with Gasteiger partial charge in [0.05, 0.1) is 5.56 Å². The first kappa shape index (κ1) is 14.1. The van der Waals surface area contributed by atoms with Crippen molar-refractivity contribution in [3.05, 3.63) is 71.4 Å². The van der Waals surface area contributed by atoms with Gasteiger partial charge in [0, 0.05) is 29.2 Å². The molecule has 2 aromatic carbocycles. The number of fused-ring (bicyclic) bond motifs is 1. The van der Waals surface area contributed by atoms with E-state index in [0.29, 0.717) is 12.1 Å². The minimum Gasteiger partial charge on any atom is -0.478 e. The highest BCUT2D eigenvalue weighted by molar-refractivity contribution is 6.07. The fraction of sp³-hybridized carbons (Fsp3) is 0.111. The molecule has 0 saturated heterocycles. The molecular weight excluding hydrogens is 278 g/mol. The van der Waals surface area contributed by atoms with Crippen LogP contribution in [0, 0.1) is 0 Å². The fourth-order valence-electron chi connectivity index (χ4n) is 2.66. The van der Waals surface area contributed by atoms with Crippen LogP contribution in [0.4, 0.5) is 0 Å². The standard InChI is InChI=1S/C18H15NO3/c1-12(20)16-11-19(17-8-3-2-7-15(16)17)10-13-5-4-6-14(9-13)18(21)22/h2-9,11H,10H2,1H3,(H,21,22). The van der Waals surface area contributed by atoms with Crippen molar-refractivity contribution in [1.82, 2.24) is 4.57 Å². The second-order valence-electron chi connectivity index (χ2n) is 5.25. The van der Waals surface area contributed by atoms with E-state index >= 15 is 0 Å². The Balaban J connectivity index is 2.06. The monoisotopic (exact) mass is 293 g/mol. The first-order valence-corrected chi connectivity index (χ1v) is 6.97. The van der Waals surface area contributed by atoms with Crippen LogP contribution in [0.1, 0.15) is 33.2 Å². The summed E-state index contributed by atoms with van der Waals surface area (Å²) >= 11 is 0. The van der Waals surface area contributed by atoms with E-state index in [9.17, 15) is 9.59 Å². The number of aromatic nitrogens is 1. The molecule has 0 bridgehead atoms. The van der Waals surface area contributed by atoms with Crippen molar-refractivity contribution >= 4 is 22.7 Å². The van der Waals surface area contributed by atoms with Crippen LogP contribution < -0.4 is 0 Å². The Morgan fingerprint density at radius 3 is 2.59 bits per heavy atom. The fourth-order valence-corrected chi connectivity index (χ4v) is 2.66. The van der Waals surface area contributed by atoms with Gasteiger partial charge in [0.25, 0.3) is 0 Å². The van der Waals surface area contributed by atoms with Crippen molar-refractivity contribution in [2.45, 2.75) is 13.5 Å². The number of benzene rings is 2. The van der Waals surface area contributed by atoms with Crippen LogP contribution in [-0.2, 0) is 6.54 Å². The van der Waals surface area contributed by atoms with Crippen molar-refractivity contribution in [3.63, 3.8) is 0 Å². The average Bonchev–Trinajstić information content (AvgIpc) is 2.87. The zero-order chi connectivity index (χ0) is 15.7. The van der Waals surface area contributed by atoms with Gasteiger partial charge < -0.3 is 9.67 Å². The van der Waals surface area contributed by atoms with E-state index in [1.807, 2.05) is 41.1 Å². The van der Waals surface area contributed by atoms with E-state index in [4.69, 9.17) is 5.11 Å². The molecule has 4 nitrogen and oxygen atoms in total. The number of nitrogens with zero attached hydrogens (tertiary/aromatic N) is 1. The van der Waals surface area contributed by atoms with Crippen molar-refractivity contribution < 1.29 is 14.7 Å². The number of Topliss-reactive ketones (excluding diaryl/α,β-unsaturated/α-hetero) is 1. The van der Waals surface area contributed by atoms with Crippen molar-refractivity contribution in [3.8, 4) is 0 Å². The SMILES string of the molecule is CC(=O)c1cn(Cc2cccc(C(=O)O)c2)c2ccccc12. The lowest BCUT2D eigenvalue weighted by molar-refractivity contribution is 0.0696. The van der Waals surface area contributed by atoms with Crippen molar-refractivity contribution in [2.24, 2.45) is 0 Å².